The molecule has 0 aromatic carbocycles. The third kappa shape index (κ3) is 7.58. The zero-order valence-corrected chi connectivity index (χ0v) is 9.98. The summed E-state index contributed by atoms with van der Waals surface area (Å²) in [6.07, 6.45) is -0.327. The normalized spacial score (nSPS) is 11.6. The highest BCUT2D eigenvalue weighted by molar-refractivity contribution is 7.80. The predicted octanol–water partition coefficient (Wildman–Crippen LogP) is -1.20. The van der Waals surface area contributed by atoms with Crippen molar-refractivity contribution in [2.75, 3.05) is 19.0 Å². The van der Waals surface area contributed by atoms with Crippen LogP contribution in [0.2, 0.25) is 0 Å². The smallest absolute Gasteiger partial charge is 0.327 e. The van der Waals surface area contributed by atoms with Crippen LogP contribution < -0.4 is 5.32 Å². The first-order valence-electron chi connectivity index (χ1n) is 4.90. The number of thiol groups is 1. The minimum atomic E-state index is -1.18. The van der Waals surface area contributed by atoms with Gasteiger partial charge in [0.1, 0.15) is 12.6 Å². The van der Waals surface area contributed by atoms with Crippen LogP contribution in [0.5, 0.6) is 0 Å². The van der Waals surface area contributed by atoms with Crippen LogP contribution >= 0.6 is 12.6 Å². The number of hydrogen-bond acceptors (Lipinski definition) is 6. The first kappa shape index (κ1) is 15.7. The first-order valence-corrected chi connectivity index (χ1v) is 5.54. The van der Waals surface area contributed by atoms with Crippen molar-refractivity contribution in [3.63, 3.8) is 0 Å². The van der Waals surface area contributed by atoms with Crippen molar-refractivity contribution in [2.45, 2.75) is 18.9 Å². The van der Waals surface area contributed by atoms with E-state index in [1.165, 1.54) is 0 Å². The lowest BCUT2D eigenvalue weighted by Crippen LogP contribution is -2.42. The van der Waals surface area contributed by atoms with Crippen molar-refractivity contribution < 1.29 is 29.3 Å². The molecule has 3 N–H and O–H groups in total. The number of ether oxygens (including phenoxy) is 1. The van der Waals surface area contributed by atoms with Crippen molar-refractivity contribution in [3.05, 3.63) is 0 Å². The summed E-state index contributed by atoms with van der Waals surface area (Å²) in [4.78, 5) is 32.7. The van der Waals surface area contributed by atoms with E-state index in [-0.39, 0.29) is 31.8 Å². The van der Waals surface area contributed by atoms with E-state index in [2.05, 4.69) is 22.7 Å². The van der Waals surface area contributed by atoms with Gasteiger partial charge in [-0.15, -0.1) is 0 Å². The van der Waals surface area contributed by atoms with Gasteiger partial charge < -0.3 is 20.3 Å². The van der Waals surface area contributed by atoms with Gasteiger partial charge in [0.15, 0.2) is 0 Å². The van der Waals surface area contributed by atoms with Gasteiger partial charge in [0.25, 0.3) is 0 Å². The van der Waals surface area contributed by atoms with E-state index in [4.69, 9.17) is 10.2 Å². The number of nitrogens with one attached hydrogen (secondary N) is 1. The molecule has 0 saturated heterocycles. The summed E-state index contributed by atoms with van der Waals surface area (Å²) in [5.74, 6) is -2.40. The number of rotatable bonds is 8. The number of aliphatic hydroxyl groups is 1. The summed E-state index contributed by atoms with van der Waals surface area (Å²) in [6, 6.07) is -1.07. The van der Waals surface area contributed by atoms with Crippen LogP contribution in [0.4, 0.5) is 0 Å². The van der Waals surface area contributed by atoms with Gasteiger partial charge in [-0.3, -0.25) is 9.59 Å². The molecule has 1 atom stereocenters. The quantitative estimate of drug-likeness (QED) is 0.324. The maximum Gasteiger partial charge on any atom is 0.327 e. The molecule has 0 aliphatic carbocycles. The Morgan fingerprint density at radius 2 is 1.94 bits per heavy atom. The van der Waals surface area contributed by atoms with E-state index in [1.807, 2.05) is 0 Å². The van der Waals surface area contributed by atoms with Crippen molar-refractivity contribution in [3.8, 4) is 0 Å². The highest BCUT2D eigenvalue weighted by atomic mass is 32.1. The molecule has 8 heteroatoms. The van der Waals surface area contributed by atoms with E-state index in [0.717, 1.165) is 0 Å². The SMILES string of the molecule is O=C(CCC(=O)OCCO)N[C@@H](CS)C(=O)O. The van der Waals surface area contributed by atoms with Crippen molar-refractivity contribution in [1.29, 1.82) is 0 Å². The van der Waals surface area contributed by atoms with Crippen LogP contribution in [0, 0.1) is 0 Å². The predicted molar refractivity (Wildman–Crippen MR) is 60.7 cm³/mol. The minimum absolute atomic E-state index is 0.0317. The van der Waals surface area contributed by atoms with Crippen molar-refractivity contribution in [1.82, 2.24) is 5.32 Å². The van der Waals surface area contributed by atoms with E-state index in [1.54, 1.807) is 0 Å². The topological polar surface area (TPSA) is 113 Å². The van der Waals surface area contributed by atoms with Gasteiger partial charge in [-0.05, 0) is 0 Å². The number of esters is 1. The second kappa shape index (κ2) is 8.82. The van der Waals surface area contributed by atoms with Crippen LogP contribution in [-0.2, 0) is 19.1 Å². The van der Waals surface area contributed by atoms with E-state index < -0.39 is 23.9 Å². The number of aliphatic carboxylic acids is 1. The lowest BCUT2D eigenvalue weighted by atomic mass is 10.2. The summed E-state index contributed by atoms with van der Waals surface area (Å²) in [5.41, 5.74) is 0. The number of amides is 1. The fourth-order valence-electron chi connectivity index (χ4n) is 0.899. The second-order valence-corrected chi connectivity index (χ2v) is 3.45. The Kier molecular flexibility index (Phi) is 8.16. The number of carbonyl (C=O) groups is 3. The maximum absolute atomic E-state index is 11.2. The zero-order valence-electron chi connectivity index (χ0n) is 9.09. The summed E-state index contributed by atoms with van der Waals surface area (Å²) >= 11 is 3.77. The number of carboxylic acid groups (broad SMARTS) is 1. The van der Waals surface area contributed by atoms with Gasteiger partial charge >= 0.3 is 11.9 Å². The molecule has 0 bridgehead atoms. The molecule has 0 aliphatic rings. The third-order valence-corrected chi connectivity index (χ3v) is 2.09. The Balaban J connectivity index is 3.86. The van der Waals surface area contributed by atoms with Gasteiger partial charge in [0, 0.05) is 12.2 Å². The molecule has 98 valence electrons. The van der Waals surface area contributed by atoms with Gasteiger partial charge in [-0.1, -0.05) is 0 Å². The molecule has 0 aliphatic heterocycles. The zero-order chi connectivity index (χ0) is 13.3. The molecular weight excluding hydrogens is 250 g/mol. The number of carboxylic acids is 1. The summed E-state index contributed by atoms with van der Waals surface area (Å²) in [7, 11) is 0. The fourth-order valence-corrected chi connectivity index (χ4v) is 1.15. The molecule has 0 aromatic heterocycles. The Morgan fingerprint density at radius 1 is 1.29 bits per heavy atom. The van der Waals surface area contributed by atoms with Crippen LogP contribution in [-0.4, -0.2) is 53.1 Å². The van der Waals surface area contributed by atoms with E-state index in [0.29, 0.717) is 0 Å². The minimum Gasteiger partial charge on any atom is -0.480 e. The molecule has 0 saturated carbocycles. The highest BCUT2D eigenvalue weighted by Crippen LogP contribution is 1.95. The first-order chi connectivity index (χ1) is 8.01. The van der Waals surface area contributed by atoms with Gasteiger partial charge in [-0.25, -0.2) is 4.79 Å². The summed E-state index contributed by atoms with van der Waals surface area (Å²) in [6.45, 7) is -0.395. The van der Waals surface area contributed by atoms with Crippen molar-refractivity contribution >= 4 is 30.5 Å². The monoisotopic (exact) mass is 265 g/mol. The molecule has 0 radical (unpaired) electrons. The average molecular weight is 265 g/mol. The molecule has 0 spiro atoms. The number of aliphatic hydroxyl groups excluding tert-OH is 1. The largest absolute Gasteiger partial charge is 0.480 e. The molecule has 1 amide bonds. The van der Waals surface area contributed by atoms with Gasteiger partial charge in [0.2, 0.25) is 5.91 Å². The second-order valence-electron chi connectivity index (χ2n) is 3.08. The third-order valence-electron chi connectivity index (χ3n) is 1.73. The molecule has 7 nitrogen and oxygen atoms in total. The molecule has 0 unspecified atom stereocenters. The standard InChI is InChI=1S/C9H15NO6S/c11-3-4-16-8(13)2-1-7(12)10-6(5-17)9(14)15/h6,11,17H,1-5H2,(H,10,12)(H,14,15)/t6-/m0/s1. The fraction of sp³-hybridized carbons (Fsp3) is 0.667. The maximum atomic E-state index is 11.2. The van der Waals surface area contributed by atoms with Crippen LogP contribution in [0.1, 0.15) is 12.8 Å². The average Bonchev–Trinajstić information content (AvgIpc) is 2.30. The van der Waals surface area contributed by atoms with E-state index in [9.17, 15) is 14.4 Å². The lowest BCUT2D eigenvalue weighted by Gasteiger charge is -2.11. The molecule has 0 fully saturated rings. The molecular formula is C9H15NO6S. The summed E-state index contributed by atoms with van der Waals surface area (Å²) < 4.78 is 4.52. The molecule has 0 rings (SSSR count). The lowest BCUT2D eigenvalue weighted by molar-refractivity contribution is -0.146. The Labute approximate surface area is 104 Å². The highest BCUT2D eigenvalue weighted by Gasteiger charge is 2.18. The molecule has 17 heavy (non-hydrogen) atoms. The van der Waals surface area contributed by atoms with Crippen molar-refractivity contribution in [2.24, 2.45) is 0 Å². The van der Waals surface area contributed by atoms with E-state index >= 15 is 0 Å². The number of carbonyl (C=O) groups excluding carboxylic acids is 2. The summed E-state index contributed by atoms with van der Waals surface area (Å²) in [5, 5.41) is 19.2. The Bertz CT molecular complexity index is 283. The van der Waals surface area contributed by atoms with Crippen LogP contribution in [0.25, 0.3) is 0 Å². The molecule has 0 heterocycles. The van der Waals surface area contributed by atoms with Crippen LogP contribution in [0.15, 0.2) is 0 Å². The molecule has 0 aromatic rings. The van der Waals surface area contributed by atoms with Gasteiger partial charge in [0.05, 0.1) is 13.0 Å². The van der Waals surface area contributed by atoms with Gasteiger partial charge in [-0.2, -0.15) is 12.6 Å². The Hall–Kier alpha value is -1.28. The van der Waals surface area contributed by atoms with Crippen LogP contribution in [0.3, 0.4) is 0 Å². The number of hydrogen-bond donors (Lipinski definition) is 4. The Morgan fingerprint density at radius 3 is 2.41 bits per heavy atom.